The fraction of sp³-hybridized carbons (Fsp3) is 0.500. The van der Waals surface area contributed by atoms with E-state index in [0.717, 1.165) is 41.4 Å². The Morgan fingerprint density at radius 3 is 2.74 bits per heavy atom. The number of hydrogen-bond donors (Lipinski definition) is 1. The Morgan fingerprint density at radius 2 is 2.00 bits per heavy atom. The smallest absolute Gasteiger partial charge is 0.339 e. The number of pyridine rings is 1. The first-order valence-electron chi connectivity index (χ1n) is 9.76. The Balaban J connectivity index is 1.91. The summed E-state index contributed by atoms with van der Waals surface area (Å²) < 4.78 is 5.56. The van der Waals surface area contributed by atoms with E-state index >= 15 is 0 Å². The van der Waals surface area contributed by atoms with E-state index in [2.05, 4.69) is 12.2 Å². The van der Waals surface area contributed by atoms with E-state index in [1.54, 1.807) is 6.92 Å². The van der Waals surface area contributed by atoms with E-state index in [1.165, 1.54) is 0 Å². The molecule has 1 aromatic heterocycles. The summed E-state index contributed by atoms with van der Waals surface area (Å²) in [6, 6.07) is 7.65. The van der Waals surface area contributed by atoms with Gasteiger partial charge in [0.2, 0.25) is 0 Å². The van der Waals surface area contributed by atoms with Gasteiger partial charge in [0.25, 0.3) is 5.91 Å². The van der Waals surface area contributed by atoms with Crippen molar-refractivity contribution in [3.63, 3.8) is 0 Å². The van der Waals surface area contributed by atoms with Crippen LogP contribution in [0.25, 0.3) is 10.9 Å². The van der Waals surface area contributed by atoms with E-state index in [1.807, 2.05) is 38.1 Å². The summed E-state index contributed by atoms with van der Waals surface area (Å²) in [5.74, 6) is 0.136. The number of aryl methyl sites for hydroxylation is 1. The van der Waals surface area contributed by atoms with Crippen molar-refractivity contribution >= 4 is 22.8 Å². The Labute approximate surface area is 160 Å². The second-order valence-corrected chi connectivity index (χ2v) is 7.96. The highest BCUT2D eigenvalue weighted by Crippen LogP contribution is 2.32. The van der Waals surface area contributed by atoms with Crippen LogP contribution in [-0.4, -0.2) is 29.5 Å². The van der Waals surface area contributed by atoms with Gasteiger partial charge in [0, 0.05) is 17.6 Å². The van der Waals surface area contributed by atoms with Gasteiger partial charge < -0.3 is 10.1 Å². The number of nitrogens with one attached hydrogen (secondary N) is 1. The predicted molar refractivity (Wildman–Crippen MR) is 106 cm³/mol. The Hall–Kier alpha value is -2.43. The fourth-order valence-corrected chi connectivity index (χ4v) is 3.52. The molecule has 0 saturated carbocycles. The molecule has 0 fully saturated rings. The number of rotatable bonds is 5. The highest BCUT2D eigenvalue weighted by Gasteiger charge is 2.28. The SMILES string of the molecule is CC(C)CNC(=O)[C@H](C)OC(=O)c1c2c(nc3ccccc13)CC[C@H](C)C2. The van der Waals surface area contributed by atoms with Crippen molar-refractivity contribution in [3.8, 4) is 0 Å². The van der Waals surface area contributed by atoms with E-state index in [4.69, 9.17) is 9.72 Å². The minimum Gasteiger partial charge on any atom is -0.449 e. The zero-order valence-electron chi connectivity index (χ0n) is 16.5. The Morgan fingerprint density at radius 1 is 1.26 bits per heavy atom. The molecule has 5 heteroatoms. The molecule has 2 atom stereocenters. The lowest BCUT2D eigenvalue weighted by Crippen LogP contribution is -2.37. The van der Waals surface area contributed by atoms with Gasteiger partial charge in [0.05, 0.1) is 11.1 Å². The van der Waals surface area contributed by atoms with Gasteiger partial charge in [0.1, 0.15) is 0 Å². The van der Waals surface area contributed by atoms with Crippen molar-refractivity contribution in [2.75, 3.05) is 6.54 Å². The summed E-state index contributed by atoms with van der Waals surface area (Å²) in [6.45, 7) is 8.41. The van der Waals surface area contributed by atoms with Crippen molar-refractivity contribution < 1.29 is 14.3 Å². The molecule has 1 aliphatic carbocycles. The summed E-state index contributed by atoms with van der Waals surface area (Å²) in [5.41, 5.74) is 3.34. The molecule has 0 aliphatic heterocycles. The molecular formula is C22H28N2O3. The van der Waals surface area contributed by atoms with Crippen molar-refractivity contribution in [3.05, 3.63) is 41.1 Å². The molecule has 3 rings (SSSR count). The number of nitrogens with zero attached hydrogens (tertiary/aromatic N) is 1. The van der Waals surface area contributed by atoms with Gasteiger partial charge in [-0.05, 0) is 49.7 Å². The average molecular weight is 368 g/mol. The van der Waals surface area contributed by atoms with Crippen LogP contribution >= 0.6 is 0 Å². The first-order valence-corrected chi connectivity index (χ1v) is 9.76. The summed E-state index contributed by atoms with van der Waals surface area (Å²) in [7, 11) is 0. The van der Waals surface area contributed by atoms with Gasteiger partial charge in [-0.15, -0.1) is 0 Å². The van der Waals surface area contributed by atoms with E-state index in [-0.39, 0.29) is 5.91 Å². The number of amides is 1. The monoisotopic (exact) mass is 368 g/mol. The molecule has 1 N–H and O–H groups in total. The predicted octanol–water partition coefficient (Wildman–Crippen LogP) is 3.68. The van der Waals surface area contributed by atoms with E-state index in [9.17, 15) is 9.59 Å². The molecule has 1 amide bonds. The third kappa shape index (κ3) is 4.29. The van der Waals surface area contributed by atoms with Crippen molar-refractivity contribution in [1.82, 2.24) is 10.3 Å². The summed E-state index contributed by atoms with van der Waals surface area (Å²) in [5, 5.41) is 3.61. The molecular weight excluding hydrogens is 340 g/mol. The largest absolute Gasteiger partial charge is 0.449 e. The topological polar surface area (TPSA) is 68.3 Å². The van der Waals surface area contributed by atoms with E-state index in [0.29, 0.717) is 23.9 Å². The van der Waals surface area contributed by atoms with Crippen LogP contribution in [-0.2, 0) is 22.4 Å². The number of benzene rings is 1. The molecule has 0 radical (unpaired) electrons. The van der Waals surface area contributed by atoms with Crippen LogP contribution in [0.4, 0.5) is 0 Å². The van der Waals surface area contributed by atoms with Crippen LogP contribution < -0.4 is 5.32 Å². The van der Waals surface area contributed by atoms with Crippen LogP contribution in [0.15, 0.2) is 24.3 Å². The number of aromatic nitrogens is 1. The number of para-hydroxylation sites is 1. The second kappa shape index (κ2) is 8.07. The van der Waals surface area contributed by atoms with Gasteiger partial charge in [-0.3, -0.25) is 9.78 Å². The zero-order valence-corrected chi connectivity index (χ0v) is 16.5. The molecule has 0 bridgehead atoms. The number of ether oxygens (including phenoxy) is 1. The lowest BCUT2D eigenvalue weighted by atomic mass is 9.84. The minimum atomic E-state index is -0.833. The van der Waals surface area contributed by atoms with Crippen molar-refractivity contribution in [2.45, 2.75) is 53.1 Å². The summed E-state index contributed by atoms with van der Waals surface area (Å²) >= 11 is 0. The molecule has 5 nitrogen and oxygen atoms in total. The summed E-state index contributed by atoms with van der Waals surface area (Å²) in [4.78, 5) is 30.0. The molecule has 1 aliphatic rings. The first-order chi connectivity index (χ1) is 12.9. The summed E-state index contributed by atoms with van der Waals surface area (Å²) in [6.07, 6.45) is 1.91. The molecule has 0 saturated heterocycles. The maximum absolute atomic E-state index is 13.1. The standard InChI is InChI=1S/C22H28N2O3/c1-13(2)12-23-21(25)15(4)27-22(26)20-16-7-5-6-8-18(16)24-19-10-9-14(3)11-17(19)20/h5-8,13-15H,9-12H2,1-4H3,(H,23,25)/t14-,15-/m0/s1. The first kappa shape index (κ1) is 19.3. The van der Waals surface area contributed by atoms with Gasteiger partial charge in [-0.2, -0.15) is 0 Å². The van der Waals surface area contributed by atoms with E-state index < -0.39 is 12.1 Å². The quantitative estimate of drug-likeness (QED) is 0.818. The molecule has 0 unspecified atom stereocenters. The lowest BCUT2D eigenvalue weighted by molar-refractivity contribution is -0.129. The second-order valence-electron chi connectivity index (χ2n) is 7.96. The molecule has 1 aromatic carbocycles. The average Bonchev–Trinajstić information content (AvgIpc) is 2.63. The van der Waals surface area contributed by atoms with Crippen molar-refractivity contribution in [2.24, 2.45) is 11.8 Å². The third-order valence-electron chi connectivity index (χ3n) is 5.05. The molecule has 0 spiro atoms. The molecule has 27 heavy (non-hydrogen) atoms. The normalized spacial score (nSPS) is 17.4. The number of fused-ring (bicyclic) bond motifs is 2. The van der Waals surface area contributed by atoms with Crippen LogP contribution in [0, 0.1) is 11.8 Å². The number of carbonyl (C=O) groups excluding carboxylic acids is 2. The van der Waals surface area contributed by atoms with Crippen LogP contribution in [0.2, 0.25) is 0 Å². The van der Waals surface area contributed by atoms with Gasteiger partial charge in [-0.25, -0.2) is 4.79 Å². The third-order valence-corrected chi connectivity index (χ3v) is 5.05. The van der Waals surface area contributed by atoms with Gasteiger partial charge in [0.15, 0.2) is 6.10 Å². The number of carbonyl (C=O) groups is 2. The number of esters is 1. The lowest BCUT2D eigenvalue weighted by Gasteiger charge is -2.24. The van der Waals surface area contributed by atoms with Gasteiger partial charge >= 0.3 is 5.97 Å². The van der Waals surface area contributed by atoms with Crippen molar-refractivity contribution in [1.29, 1.82) is 0 Å². The highest BCUT2D eigenvalue weighted by atomic mass is 16.5. The van der Waals surface area contributed by atoms with Crippen LogP contribution in [0.3, 0.4) is 0 Å². The van der Waals surface area contributed by atoms with Crippen LogP contribution in [0.5, 0.6) is 0 Å². The maximum atomic E-state index is 13.1. The molecule has 1 heterocycles. The number of hydrogen-bond acceptors (Lipinski definition) is 4. The Bertz CT molecular complexity index is 860. The minimum absolute atomic E-state index is 0.266. The maximum Gasteiger partial charge on any atom is 0.339 e. The Kier molecular flexibility index (Phi) is 5.78. The zero-order chi connectivity index (χ0) is 19.6. The molecule has 2 aromatic rings. The van der Waals surface area contributed by atoms with Gasteiger partial charge in [-0.1, -0.05) is 39.0 Å². The van der Waals surface area contributed by atoms with Crippen LogP contribution in [0.1, 0.15) is 55.7 Å². The fourth-order valence-electron chi connectivity index (χ4n) is 3.52. The molecule has 144 valence electrons. The highest BCUT2D eigenvalue weighted by molar-refractivity contribution is 6.05.